The molecule has 11 heteroatoms. The molecule has 5 rings (SSSR count). The maximum atomic E-state index is 14.4. The molecule has 0 spiro atoms. The van der Waals surface area contributed by atoms with E-state index in [0.717, 1.165) is 22.2 Å². The number of nitrogens with one attached hydrogen (secondary N) is 2. The van der Waals surface area contributed by atoms with Crippen molar-refractivity contribution in [3.63, 3.8) is 0 Å². The van der Waals surface area contributed by atoms with Crippen LogP contribution in [0.5, 0.6) is 11.6 Å². The molecule has 0 atom stereocenters. The molecule has 47 heavy (non-hydrogen) atoms. The zero-order valence-electron chi connectivity index (χ0n) is 26.9. The monoisotopic (exact) mass is 637 g/mol. The lowest BCUT2D eigenvalue weighted by Crippen LogP contribution is -2.27. The van der Waals surface area contributed by atoms with Crippen molar-refractivity contribution < 1.29 is 28.2 Å². The second-order valence-corrected chi connectivity index (χ2v) is 11.8. The van der Waals surface area contributed by atoms with Gasteiger partial charge in [-0.05, 0) is 94.1 Å². The minimum absolute atomic E-state index is 0.0721. The van der Waals surface area contributed by atoms with Crippen molar-refractivity contribution in [2.24, 2.45) is 0 Å². The molecule has 0 saturated carbocycles. The van der Waals surface area contributed by atoms with Crippen molar-refractivity contribution in [3.8, 4) is 22.8 Å². The molecular formula is C36H36FN5O5. The summed E-state index contributed by atoms with van der Waals surface area (Å²) in [6.07, 6.45) is 3.84. The number of carbonyl (C=O) groups excluding carboxylic acids is 2. The second kappa shape index (κ2) is 14.2. The molecule has 0 bridgehead atoms. The van der Waals surface area contributed by atoms with Gasteiger partial charge >= 0.3 is 6.09 Å². The Balaban J connectivity index is 1.21. The highest BCUT2D eigenvalue weighted by molar-refractivity contribution is 6.06. The van der Waals surface area contributed by atoms with Crippen molar-refractivity contribution in [2.75, 3.05) is 24.4 Å². The number of anilines is 2. The summed E-state index contributed by atoms with van der Waals surface area (Å²) < 4.78 is 30.9. The first kappa shape index (κ1) is 32.8. The predicted octanol–water partition coefficient (Wildman–Crippen LogP) is 7.76. The van der Waals surface area contributed by atoms with E-state index in [0.29, 0.717) is 53.2 Å². The minimum atomic E-state index is -0.652. The smallest absolute Gasteiger partial charge is 0.412 e. The van der Waals surface area contributed by atoms with Gasteiger partial charge in [0.2, 0.25) is 5.88 Å². The van der Waals surface area contributed by atoms with E-state index in [9.17, 15) is 14.0 Å². The van der Waals surface area contributed by atoms with Crippen molar-refractivity contribution in [1.29, 1.82) is 0 Å². The minimum Gasteiger partial charge on any atom is -0.491 e. The van der Waals surface area contributed by atoms with E-state index >= 15 is 0 Å². The average molecular weight is 638 g/mol. The lowest BCUT2D eigenvalue weighted by Gasteiger charge is -2.20. The zero-order valence-corrected chi connectivity index (χ0v) is 26.9. The molecule has 2 N–H and O–H groups in total. The van der Waals surface area contributed by atoms with Crippen LogP contribution in [0.25, 0.3) is 22.0 Å². The Morgan fingerprint density at radius 1 is 0.894 bits per heavy atom. The third-order valence-corrected chi connectivity index (χ3v) is 7.13. The fourth-order valence-electron chi connectivity index (χ4n) is 4.86. The lowest BCUT2D eigenvalue weighted by molar-refractivity contribution is 0.0635. The van der Waals surface area contributed by atoms with Gasteiger partial charge in [-0.2, -0.15) is 0 Å². The number of rotatable bonds is 10. The summed E-state index contributed by atoms with van der Waals surface area (Å²) in [5, 5.41) is 6.34. The Hall–Kier alpha value is -5.58. The van der Waals surface area contributed by atoms with Gasteiger partial charge in [-0.25, -0.2) is 24.1 Å². The van der Waals surface area contributed by atoms with Crippen molar-refractivity contribution in [2.45, 2.75) is 46.1 Å². The SMILES string of the molecule is COc1ncc(-c2cc(OCCCc3ccc(C(=O)Nc4ccccc4NC(=O)OC(C)(C)C)cc3)c3ncnc(C)c3c2)cc1F. The topological polar surface area (TPSA) is 125 Å². The number of hydrogen-bond acceptors (Lipinski definition) is 8. The van der Waals surface area contributed by atoms with Crippen LogP contribution < -0.4 is 20.1 Å². The van der Waals surface area contributed by atoms with Crippen LogP contribution in [0.15, 0.2) is 79.3 Å². The highest BCUT2D eigenvalue weighted by Gasteiger charge is 2.18. The Morgan fingerprint density at radius 3 is 2.30 bits per heavy atom. The summed E-state index contributed by atoms with van der Waals surface area (Å²) in [7, 11) is 1.37. The van der Waals surface area contributed by atoms with Gasteiger partial charge in [0.05, 0.1) is 25.1 Å². The fraction of sp³-hybridized carbons (Fsp3) is 0.250. The van der Waals surface area contributed by atoms with Crippen LogP contribution in [0.4, 0.5) is 20.6 Å². The molecule has 0 aliphatic heterocycles. The van der Waals surface area contributed by atoms with E-state index in [1.807, 2.05) is 31.2 Å². The Kier molecular flexibility index (Phi) is 9.94. The number of pyridine rings is 1. The highest BCUT2D eigenvalue weighted by atomic mass is 19.1. The second-order valence-electron chi connectivity index (χ2n) is 11.8. The largest absolute Gasteiger partial charge is 0.491 e. The number of hydrogen-bond donors (Lipinski definition) is 2. The molecular weight excluding hydrogens is 601 g/mol. The number of fused-ring (bicyclic) bond motifs is 1. The lowest BCUT2D eigenvalue weighted by atomic mass is 10.0. The van der Waals surface area contributed by atoms with Gasteiger partial charge in [0.25, 0.3) is 5.91 Å². The first-order chi connectivity index (χ1) is 22.5. The summed E-state index contributed by atoms with van der Waals surface area (Å²) in [5.41, 5.74) is 4.48. The number of aryl methyl sites for hydroxylation is 2. The van der Waals surface area contributed by atoms with Crippen LogP contribution in [0.3, 0.4) is 0 Å². The van der Waals surface area contributed by atoms with Gasteiger partial charge in [-0.15, -0.1) is 0 Å². The van der Waals surface area contributed by atoms with Crippen molar-refractivity contribution in [1.82, 2.24) is 15.0 Å². The molecule has 242 valence electrons. The van der Waals surface area contributed by atoms with Crippen LogP contribution in [0.2, 0.25) is 0 Å². The molecule has 3 aromatic carbocycles. The van der Waals surface area contributed by atoms with E-state index in [1.165, 1.54) is 19.5 Å². The third kappa shape index (κ3) is 8.37. The van der Waals surface area contributed by atoms with Crippen LogP contribution in [-0.4, -0.2) is 46.3 Å². The average Bonchev–Trinajstić information content (AvgIpc) is 3.03. The summed E-state index contributed by atoms with van der Waals surface area (Å²) >= 11 is 0. The van der Waals surface area contributed by atoms with E-state index in [-0.39, 0.29) is 11.8 Å². The molecule has 0 unspecified atom stereocenters. The highest BCUT2D eigenvalue weighted by Crippen LogP contribution is 2.33. The zero-order chi connectivity index (χ0) is 33.6. The van der Waals surface area contributed by atoms with Gasteiger partial charge in [0.15, 0.2) is 5.82 Å². The number of ether oxygens (including phenoxy) is 3. The molecule has 0 aliphatic rings. The first-order valence-electron chi connectivity index (χ1n) is 15.1. The van der Waals surface area contributed by atoms with Crippen LogP contribution in [0.1, 0.15) is 48.8 Å². The van der Waals surface area contributed by atoms with E-state index in [4.69, 9.17) is 14.2 Å². The van der Waals surface area contributed by atoms with Crippen LogP contribution in [0, 0.1) is 12.7 Å². The molecule has 0 saturated heterocycles. The number of carbonyl (C=O) groups is 2. The molecule has 0 radical (unpaired) electrons. The number of aromatic nitrogens is 3. The third-order valence-electron chi connectivity index (χ3n) is 7.13. The van der Waals surface area contributed by atoms with E-state index in [1.54, 1.807) is 63.4 Å². The van der Waals surface area contributed by atoms with Gasteiger partial charge in [-0.1, -0.05) is 24.3 Å². The number of amides is 2. The quantitative estimate of drug-likeness (QED) is 0.149. The number of nitrogens with zero attached hydrogens (tertiary/aromatic N) is 3. The van der Waals surface area contributed by atoms with Gasteiger partial charge in [-0.3, -0.25) is 10.1 Å². The summed E-state index contributed by atoms with van der Waals surface area (Å²) in [6, 6.07) is 19.3. The molecule has 2 aromatic heterocycles. The molecule has 2 amide bonds. The summed E-state index contributed by atoms with van der Waals surface area (Å²) in [5.74, 6) is -0.378. The van der Waals surface area contributed by atoms with E-state index < -0.39 is 17.5 Å². The van der Waals surface area contributed by atoms with Gasteiger partial charge in [0, 0.05) is 28.4 Å². The Morgan fingerprint density at radius 2 is 1.62 bits per heavy atom. The maximum Gasteiger partial charge on any atom is 0.412 e. The number of benzene rings is 3. The predicted molar refractivity (Wildman–Crippen MR) is 179 cm³/mol. The molecule has 0 fully saturated rings. The fourth-order valence-corrected chi connectivity index (χ4v) is 4.86. The number of para-hydroxylation sites is 2. The van der Waals surface area contributed by atoms with Gasteiger partial charge in [0.1, 0.15) is 23.2 Å². The van der Waals surface area contributed by atoms with Crippen molar-refractivity contribution in [3.05, 3.63) is 102 Å². The number of halogens is 1. The van der Waals surface area contributed by atoms with E-state index in [2.05, 4.69) is 25.6 Å². The summed E-state index contributed by atoms with van der Waals surface area (Å²) in [6.45, 7) is 7.62. The molecule has 5 aromatic rings. The first-order valence-corrected chi connectivity index (χ1v) is 15.1. The molecule has 10 nitrogen and oxygen atoms in total. The Labute approximate surface area is 272 Å². The van der Waals surface area contributed by atoms with Crippen molar-refractivity contribution >= 4 is 34.3 Å². The molecule has 0 aliphatic carbocycles. The standard InChI is InChI=1S/C36H36FN5O5/c1-22-27-17-25(26-18-28(37)34(45-5)38-20-26)19-31(32(27)40-21-39-22)46-16-8-9-23-12-14-24(15-13-23)33(43)41-29-10-6-7-11-30(29)42-35(44)47-36(2,3)4/h6-7,10-15,17-21H,8-9,16H2,1-5H3,(H,41,43)(H,42,44). The van der Waals surface area contributed by atoms with Crippen LogP contribution >= 0.6 is 0 Å². The number of methoxy groups -OCH3 is 1. The maximum absolute atomic E-state index is 14.4. The summed E-state index contributed by atoms with van der Waals surface area (Å²) in [4.78, 5) is 38.1. The van der Waals surface area contributed by atoms with Gasteiger partial charge < -0.3 is 19.5 Å². The van der Waals surface area contributed by atoms with Crippen LogP contribution in [-0.2, 0) is 11.2 Å². The Bertz CT molecular complexity index is 1910. The normalized spacial score (nSPS) is 11.2. The molecule has 2 heterocycles.